The summed E-state index contributed by atoms with van der Waals surface area (Å²) < 4.78 is 0. The van der Waals surface area contributed by atoms with E-state index in [0.717, 1.165) is 0 Å². The molecule has 5 nitrogen and oxygen atoms in total. The van der Waals surface area contributed by atoms with Gasteiger partial charge in [0.2, 0.25) is 5.91 Å². The van der Waals surface area contributed by atoms with E-state index in [9.17, 15) is 9.59 Å². The molecule has 96 valence electrons. The van der Waals surface area contributed by atoms with Crippen molar-refractivity contribution in [2.75, 3.05) is 11.9 Å². The van der Waals surface area contributed by atoms with Gasteiger partial charge in [0.25, 0.3) is 0 Å². The lowest BCUT2D eigenvalue weighted by Gasteiger charge is -2.25. The van der Waals surface area contributed by atoms with Crippen molar-refractivity contribution < 1.29 is 14.7 Å². The number of carbonyl (C=O) groups excluding carboxylic acids is 1. The molecule has 1 aromatic rings. The second-order valence-electron chi connectivity index (χ2n) is 4.18. The summed E-state index contributed by atoms with van der Waals surface area (Å²) in [7, 11) is 0. The highest BCUT2D eigenvalue weighted by Crippen LogP contribution is 2.22. The van der Waals surface area contributed by atoms with Crippen molar-refractivity contribution in [3.8, 4) is 0 Å². The van der Waals surface area contributed by atoms with Gasteiger partial charge in [-0.25, -0.2) is 4.79 Å². The minimum Gasteiger partial charge on any atom is -0.478 e. The molecule has 1 heterocycles. The maximum Gasteiger partial charge on any atom is 0.337 e. The van der Waals surface area contributed by atoms with Crippen molar-refractivity contribution in [1.82, 2.24) is 5.32 Å². The number of carboxylic acid groups (broad SMARTS) is 1. The van der Waals surface area contributed by atoms with Crippen molar-refractivity contribution >= 4 is 29.2 Å². The molecule has 6 heteroatoms. The number of carbonyl (C=O) groups is 2. The molecule has 2 rings (SSSR count). The molecule has 1 aliphatic rings. The van der Waals surface area contributed by atoms with Crippen LogP contribution in [-0.2, 0) is 4.79 Å². The van der Waals surface area contributed by atoms with Crippen LogP contribution in [0, 0.1) is 0 Å². The zero-order valence-corrected chi connectivity index (χ0v) is 10.3. The van der Waals surface area contributed by atoms with E-state index in [-0.39, 0.29) is 17.5 Å². The minimum absolute atomic E-state index is 0.0302. The Morgan fingerprint density at radius 2 is 2.28 bits per heavy atom. The van der Waals surface area contributed by atoms with Crippen molar-refractivity contribution in [2.45, 2.75) is 18.9 Å². The van der Waals surface area contributed by atoms with Gasteiger partial charge in [-0.05, 0) is 24.6 Å². The molecule has 3 N–H and O–H groups in total. The minimum atomic E-state index is -1.03. The lowest BCUT2D eigenvalue weighted by molar-refractivity contribution is -0.122. The Labute approximate surface area is 109 Å². The highest BCUT2D eigenvalue weighted by molar-refractivity contribution is 6.31. The van der Waals surface area contributed by atoms with Gasteiger partial charge in [0.15, 0.2) is 0 Å². The summed E-state index contributed by atoms with van der Waals surface area (Å²) in [4.78, 5) is 22.1. The molecular formula is C12H13ClN2O3. The van der Waals surface area contributed by atoms with Crippen LogP contribution in [0.5, 0.6) is 0 Å². The van der Waals surface area contributed by atoms with Gasteiger partial charge in [-0.3, -0.25) is 4.79 Å². The number of benzene rings is 1. The number of anilines is 1. The first-order chi connectivity index (χ1) is 8.56. The van der Waals surface area contributed by atoms with Gasteiger partial charge in [-0.2, -0.15) is 0 Å². The fraction of sp³-hybridized carbons (Fsp3) is 0.333. The predicted octanol–water partition coefficient (Wildman–Crippen LogP) is 1.73. The molecule has 1 amide bonds. The third-order valence-electron chi connectivity index (χ3n) is 2.84. The molecule has 1 saturated heterocycles. The smallest absolute Gasteiger partial charge is 0.337 e. The Kier molecular flexibility index (Phi) is 3.72. The standard InChI is InChI=1S/C12H13ClN2O3/c13-7-1-3-10(9(5-7)12(17)18)15-8-2-4-11(16)14-6-8/h1,3,5,8,15H,2,4,6H2,(H,14,16)(H,17,18). The molecule has 0 aromatic heterocycles. The van der Waals surface area contributed by atoms with Crippen LogP contribution in [0.1, 0.15) is 23.2 Å². The summed E-state index contributed by atoms with van der Waals surface area (Å²) in [5, 5.41) is 15.3. The van der Waals surface area contributed by atoms with Crippen LogP contribution >= 0.6 is 11.6 Å². The molecule has 1 atom stereocenters. The van der Waals surface area contributed by atoms with E-state index in [1.165, 1.54) is 6.07 Å². The molecule has 0 saturated carbocycles. The largest absolute Gasteiger partial charge is 0.478 e. The molecule has 1 aromatic carbocycles. The molecule has 1 unspecified atom stereocenters. The second kappa shape index (κ2) is 5.27. The Hall–Kier alpha value is -1.75. The number of hydrogen-bond acceptors (Lipinski definition) is 3. The number of amides is 1. The van der Waals surface area contributed by atoms with Gasteiger partial charge in [-0.1, -0.05) is 11.6 Å². The van der Waals surface area contributed by atoms with Gasteiger partial charge < -0.3 is 15.7 Å². The van der Waals surface area contributed by atoms with Crippen molar-refractivity contribution in [3.63, 3.8) is 0 Å². The average Bonchev–Trinajstić information content (AvgIpc) is 2.34. The average molecular weight is 269 g/mol. The monoisotopic (exact) mass is 268 g/mol. The quantitative estimate of drug-likeness (QED) is 0.780. The molecule has 0 aliphatic carbocycles. The Morgan fingerprint density at radius 3 is 2.89 bits per heavy atom. The van der Waals surface area contributed by atoms with Gasteiger partial charge in [-0.15, -0.1) is 0 Å². The summed E-state index contributed by atoms with van der Waals surface area (Å²) in [5.41, 5.74) is 0.660. The fourth-order valence-corrected chi connectivity index (χ4v) is 2.07. The molecule has 0 bridgehead atoms. The highest BCUT2D eigenvalue weighted by atomic mass is 35.5. The molecule has 1 fully saturated rings. The third kappa shape index (κ3) is 2.92. The molecule has 0 radical (unpaired) electrons. The van der Waals surface area contributed by atoms with Crippen molar-refractivity contribution in [3.05, 3.63) is 28.8 Å². The SMILES string of the molecule is O=C1CCC(Nc2ccc(Cl)cc2C(=O)O)CN1. The number of aromatic carboxylic acids is 1. The summed E-state index contributed by atoms with van der Waals surface area (Å²) in [6.07, 6.45) is 1.14. The number of nitrogens with one attached hydrogen (secondary N) is 2. The van der Waals surface area contributed by atoms with E-state index in [1.54, 1.807) is 12.1 Å². The number of rotatable bonds is 3. The zero-order chi connectivity index (χ0) is 13.1. The van der Waals surface area contributed by atoms with Crippen LogP contribution in [0.4, 0.5) is 5.69 Å². The lowest BCUT2D eigenvalue weighted by atomic mass is 10.1. The Bertz CT molecular complexity index is 480. The normalized spacial score (nSPS) is 19.2. The lowest BCUT2D eigenvalue weighted by Crippen LogP contribution is -2.42. The van der Waals surface area contributed by atoms with E-state index in [2.05, 4.69) is 10.6 Å². The Balaban J connectivity index is 2.13. The van der Waals surface area contributed by atoms with E-state index in [0.29, 0.717) is 30.1 Å². The van der Waals surface area contributed by atoms with Gasteiger partial charge >= 0.3 is 5.97 Å². The third-order valence-corrected chi connectivity index (χ3v) is 3.07. The van der Waals surface area contributed by atoms with E-state index in [1.807, 2.05) is 0 Å². The van der Waals surface area contributed by atoms with Crippen molar-refractivity contribution in [2.24, 2.45) is 0 Å². The topological polar surface area (TPSA) is 78.4 Å². The van der Waals surface area contributed by atoms with Crippen molar-refractivity contribution in [1.29, 1.82) is 0 Å². The molecule has 1 aliphatic heterocycles. The van der Waals surface area contributed by atoms with Crippen LogP contribution in [-0.4, -0.2) is 29.6 Å². The number of carboxylic acids is 1. The number of piperidine rings is 1. The number of halogens is 1. The first-order valence-electron chi connectivity index (χ1n) is 5.62. The molecule has 0 spiro atoms. The van der Waals surface area contributed by atoms with Gasteiger partial charge in [0.05, 0.1) is 5.56 Å². The van der Waals surface area contributed by atoms with Crippen LogP contribution < -0.4 is 10.6 Å². The summed E-state index contributed by atoms with van der Waals surface area (Å²) in [6, 6.07) is 4.73. The second-order valence-corrected chi connectivity index (χ2v) is 4.62. The first-order valence-corrected chi connectivity index (χ1v) is 6.00. The van der Waals surface area contributed by atoms with Crippen LogP contribution in [0.15, 0.2) is 18.2 Å². The summed E-state index contributed by atoms with van der Waals surface area (Å²) in [5.74, 6) is -0.998. The van der Waals surface area contributed by atoms with E-state index in [4.69, 9.17) is 16.7 Å². The predicted molar refractivity (Wildman–Crippen MR) is 68.1 cm³/mol. The van der Waals surface area contributed by atoms with Gasteiger partial charge in [0.1, 0.15) is 0 Å². The molecule has 18 heavy (non-hydrogen) atoms. The van der Waals surface area contributed by atoms with E-state index >= 15 is 0 Å². The summed E-state index contributed by atoms with van der Waals surface area (Å²) >= 11 is 5.77. The van der Waals surface area contributed by atoms with Gasteiger partial charge in [0, 0.05) is 29.7 Å². The number of hydrogen-bond donors (Lipinski definition) is 3. The van der Waals surface area contributed by atoms with Crippen LogP contribution in [0.3, 0.4) is 0 Å². The summed E-state index contributed by atoms with van der Waals surface area (Å²) in [6.45, 7) is 0.501. The Morgan fingerprint density at radius 1 is 1.50 bits per heavy atom. The maximum absolute atomic E-state index is 11.1. The van der Waals surface area contributed by atoms with Crippen LogP contribution in [0.25, 0.3) is 0 Å². The first kappa shape index (κ1) is 12.7. The molecular weight excluding hydrogens is 256 g/mol. The van der Waals surface area contributed by atoms with E-state index < -0.39 is 5.97 Å². The fourth-order valence-electron chi connectivity index (χ4n) is 1.90. The van der Waals surface area contributed by atoms with Crippen LogP contribution in [0.2, 0.25) is 5.02 Å². The highest BCUT2D eigenvalue weighted by Gasteiger charge is 2.19. The zero-order valence-electron chi connectivity index (χ0n) is 9.57. The maximum atomic E-state index is 11.1.